The van der Waals surface area contributed by atoms with Crippen molar-refractivity contribution in [1.29, 1.82) is 0 Å². The Hall–Kier alpha value is -0.320. The highest BCUT2D eigenvalue weighted by molar-refractivity contribution is 5.85. The highest BCUT2D eigenvalue weighted by Crippen LogP contribution is 2.25. The summed E-state index contributed by atoms with van der Waals surface area (Å²) in [6.45, 7) is 7.55. The van der Waals surface area contributed by atoms with E-state index in [0.29, 0.717) is 31.1 Å². The number of carbonyl (C=O) groups excluding carboxylic acids is 1. The van der Waals surface area contributed by atoms with Crippen molar-refractivity contribution in [3.8, 4) is 0 Å². The van der Waals surface area contributed by atoms with Gasteiger partial charge in [-0.3, -0.25) is 4.79 Å². The molecule has 120 valence electrons. The SMILES string of the molecule is CC(C)C[C@H](N)C(=O)NCCOC1CCCCC1C.Cl. The zero-order valence-electron chi connectivity index (χ0n) is 13.1. The Balaban J connectivity index is 0.00000361. The van der Waals surface area contributed by atoms with Gasteiger partial charge >= 0.3 is 0 Å². The van der Waals surface area contributed by atoms with Gasteiger partial charge in [-0.05, 0) is 31.1 Å². The summed E-state index contributed by atoms with van der Waals surface area (Å²) in [4.78, 5) is 11.7. The predicted molar refractivity (Wildman–Crippen MR) is 85.1 cm³/mol. The number of hydrogen-bond acceptors (Lipinski definition) is 3. The summed E-state index contributed by atoms with van der Waals surface area (Å²) >= 11 is 0. The molecule has 20 heavy (non-hydrogen) atoms. The summed E-state index contributed by atoms with van der Waals surface area (Å²) < 4.78 is 5.85. The van der Waals surface area contributed by atoms with E-state index in [1.165, 1.54) is 19.3 Å². The van der Waals surface area contributed by atoms with Crippen molar-refractivity contribution in [3.63, 3.8) is 0 Å². The summed E-state index contributed by atoms with van der Waals surface area (Å²) in [6, 6.07) is -0.395. The molecule has 0 aromatic carbocycles. The molecule has 1 rings (SSSR count). The van der Waals surface area contributed by atoms with Crippen LogP contribution in [0.3, 0.4) is 0 Å². The summed E-state index contributed by atoms with van der Waals surface area (Å²) in [7, 11) is 0. The maximum Gasteiger partial charge on any atom is 0.237 e. The minimum Gasteiger partial charge on any atom is -0.376 e. The van der Waals surface area contributed by atoms with Gasteiger partial charge in [-0.25, -0.2) is 0 Å². The molecule has 0 saturated heterocycles. The Morgan fingerprint density at radius 3 is 2.60 bits per heavy atom. The van der Waals surface area contributed by atoms with Crippen LogP contribution in [0, 0.1) is 11.8 Å². The molecule has 0 radical (unpaired) electrons. The van der Waals surface area contributed by atoms with Crippen LogP contribution >= 0.6 is 12.4 Å². The fourth-order valence-electron chi connectivity index (χ4n) is 2.66. The second-order valence-corrected chi connectivity index (χ2v) is 6.20. The fourth-order valence-corrected chi connectivity index (χ4v) is 2.66. The molecule has 3 atom stereocenters. The second kappa shape index (κ2) is 10.4. The summed E-state index contributed by atoms with van der Waals surface area (Å²) in [6.07, 6.45) is 6.10. The van der Waals surface area contributed by atoms with Crippen LogP contribution in [0.25, 0.3) is 0 Å². The van der Waals surface area contributed by atoms with Crippen LogP contribution in [0.2, 0.25) is 0 Å². The van der Waals surface area contributed by atoms with E-state index < -0.39 is 6.04 Å². The van der Waals surface area contributed by atoms with Crippen molar-refractivity contribution in [1.82, 2.24) is 5.32 Å². The second-order valence-electron chi connectivity index (χ2n) is 6.20. The molecule has 0 aromatic rings. The first-order chi connectivity index (χ1) is 9.00. The first-order valence-electron chi connectivity index (χ1n) is 7.65. The van der Waals surface area contributed by atoms with E-state index >= 15 is 0 Å². The van der Waals surface area contributed by atoms with Crippen molar-refractivity contribution >= 4 is 18.3 Å². The van der Waals surface area contributed by atoms with Gasteiger partial charge in [0, 0.05) is 6.54 Å². The molecule has 0 aromatic heterocycles. The molecule has 1 amide bonds. The van der Waals surface area contributed by atoms with Gasteiger partial charge in [0.25, 0.3) is 0 Å². The van der Waals surface area contributed by atoms with Gasteiger partial charge in [-0.15, -0.1) is 12.4 Å². The Morgan fingerprint density at radius 2 is 2.00 bits per heavy atom. The van der Waals surface area contributed by atoms with E-state index in [1.54, 1.807) is 0 Å². The molecule has 1 aliphatic carbocycles. The molecule has 0 aliphatic heterocycles. The summed E-state index contributed by atoms with van der Waals surface area (Å²) in [5.74, 6) is 1.03. The third kappa shape index (κ3) is 7.46. The average molecular weight is 307 g/mol. The number of ether oxygens (including phenoxy) is 1. The van der Waals surface area contributed by atoms with Crippen LogP contribution < -0.4 is 11.1 Å². The van der Waals surface area contributed by atoms with Gasteiger partial charge in [0.2, 0.25) is 5.91 Å². The van der Waals surface area contributed by atoms with E-state index in [-0.39, 0.29) is 18.3 Å². The Bertz CT molecular complexity index is 275. The molecule has 5 heteroatoms. The number of halogens is 1. The number of nitrogens with one attached hydrogen (secondary N) is 1. The van der Waals surface area contributed by atoms with E-state index in [4.69, 9.17) is 10.5 Å². The molecular weight excluding hydrogens is 276 g/mol. The lowest BCUT2D eigenvalue weighted by Gasteiger charge is -2.28. The van der Waals surface area contributed by atoms with Gasteiger partial charge in [-0.1, -0.05) is 33.6 Å². The van der Waals surface area contributed by atoms with Crippen LogP contribution in [-0.2, 0) is 9.53 Å². The largest absolute Gasteiger partial charge is 0.376 e. The molecule has 1 saturated carbocycles. The summed E-state index contributed by atoms with van der Waals surface area (Å²) in [5, 5.41) is 2.85. The lowest BCUT2D eigenvalue weighted by molar-refractivity contribution is -0.123. The fraction of sp³-hybridized carbons (Fsp3) is 0.933. The van der Waals surface area contributed by atoms with Crippen molar-refractivity contribution < 1.29 is 9.53 Å². The van der Waals surface area contributed by atoms with Crippen molar-refractivity contribution in [2.45, 2.75) is 65.0 Å². The zero-order valence-corrected chi connectivity index (χ0v) is 13.9. The lowest BCUT2D eigenvalue weighted by Crippen LogP contribution is -2.43. The number of rotatable bonds is 7. The lowest BCUT2D eigenvalue weighted by atomic mass is 9.88. The molecule has 2 unspecified atom stereocenters. The quantitative estimate of drug-likeness (QED) is 0.710. The van der Waals surface area contributed by atoms with Crippen LogP contribution in [0.5, 0.6) is 0 Å². The molecule has 0 spiro atoms. The first kappa shape index (κ1) is 19.7. The number of nitrogens with two attached hydrogens (primary N) is 1. The van der Waals surface area contributed by atoms with Crippen LogP contribution in [0.15, 0.2) is 0 Å². The minimum absolute atomic E-state index is 0. The molecular formula is C15H31ClN2O2. The smallest absolute Gasteiger partial charge is 0.237 e. The third-order valence-electron chi connectivity index (χ3n) is 3.83. The highest BCUT2D eigenvalue weighted by atomic mass is 35.5. The molecule has 1 aliphatic rings. The number of amides is 1. The molecule has 4 nitrogen and oxygen atoms in total. The molecule has 0 bridgehead atoms. The first-order valence-corrected chi connectivity index (χ1v) is 7.65. The van der Waals surface area contributed by atoms with E-state index in [9.17, 15) is 4.79 Å². The number of carbonyl (C=O) groups is 1. The van der Waals surface area contributed by atoms with Crippen molar-refractivity contribution in [2.75, 3.05) is 13.2 Å². The minimum atomic E-state index is -0.395. The van der Waals surface area contributed by atoms with Crippen molar-refractivity contribution in [2.24, 2.45) is 17.6 Å². The third-order valence-corrected chi connectivity index (χ3v) is 3.83. The Morgan fingerprint density at radius 1 is 1.35 bits per heavy atom. The zero-order chi connectivity index (χ0) is 14.3. The molecule has 3 N–H and O–H groups in total. The monoisotopic (exact) mass is 306 g/mol. The van der Waals surface area contributed by atoms with Gasteiger partial charge in [0.15, 0.2) is 0 Å². The summed E-state index contributed by atoms with van der Waals surface area (Å²) in [5.41, 5.74) is 5.81. The molecule has 0 heterocycles. The number of hydrogen-bond donors (Lipinski definition) is 2. The van der Waals surface area contributed by atoms with Crippen LogP contribution in [-0.4, -0.2) is 31.2 Å². The van der Waals surface area contributed by atoms with Gasteiger partial charge in [-0.2, -0.15) is 0 Å². The van der Waals surface area contributed by atoms with Crippen LogP contribution in [0.1, 0.15) is 52.9 Å². The average Bonchev–Trinajstić information content (AvgIpc) is 2.35. The maximum atomic E-state index is 11.7. The van der Waals surface area contributed by atoms with E-state index in [2.05, 4.69) is 26.1 Å². The van der Waals surface area contributed by atoms with E-state index in [0.717, 1.165) is 12.8 Å². The maximum absolute atomic E-state index is 11.7. The van der Waals surface area contributed by atoms with Gasteiger partial charge in [0.1, 0.15) is 0 Å². The van der Waals surface area contributed by atoms with Gasteiger partial charge < -0.3 is 15.8 Å². The predicted octanol–water partition coefficient (Wildman–Crippen LogP) is 2.49. The van der Waals surface area contributed by atoms with Crippen molar-refractivity contribution in [3.05, 3.63) is 0 Å². The molecule has 1 fully saturated rings. The standard InChI is InChI=1S/C15H30N2O2.ClH/c1-11(2)10-13(16)15(18)17-8-9-19-14-7-5-4-6-12(14)3;/h11-14H,4-10,16H2,1-3H3,(H,17,18);1H/t12?,13-,14?;/m0./s1. The Kier molecular flexibility index (Phi) is 10.2. The normalized spacial score (nSPS) is 24.1. The highest BCUT2D eigenvalue weighted by Gasteiger charge is 2.21. The van der Waals surface area contributed by atoms with Crippen LogP contribution in [0.4, 0.5) is 0 Å². The topological polar surface area (TPSA) is 64.4 Å². The Labute approximate surface area is 129 Å². The van der Waals surface area contributed by atoms with Gasteiger partial charge in [0.05, 0.1) is 18.8 Å². The van der Waals surface area contributed by atoms with E-state index in [1.807, 2.05) is 0 Å².